The molecule has 1 fully saturated rings. The number of Topliss-reactive ketones (excluding diaryl/α,β-unsaturated/α-hetero) is 1. The maximum absolute atomic E-state index is 13.5. The predicted octanol–water partition coefficient (Wildman–Crippen LogP) is 6.47. The van der Waals surface area contributed by atoms with Gasteiger partial charge in [-0.05, 0) is 63.5 Å². The lowest BCUT2D eigenvalue weighted by atomic mass is 9.82. The lowest BCUT2D eigenvalue weighted by Crippen LogP contribution is -2.66. The van der Waals surface area contributed by atoms with Gasteiger partial charge in [0.25, 0.3) is 0 Å². The Morgan fingerprint density at radius 3 is 1.64 bits per heavy atom. The number of carbonyl (C=O) groups is 2. The number of hydrogen-bond donors (Lipinski definition) is 0. The van der Waals surface area contributed by atoms with Crippen molar-refractivity contribution in [3.8, 4) is 0 Å². The Balaban J connectivity index is 3.62. The summed E-state index contributed by atoms with van der Waals surface area (Å²) in [6.07, 6.45) is -2.04. The van der Waals surface area contributed by atoms with Gasteiger partial charge in [0.05, 0.1) is 12.2 Å². The smallest absolute Gasteiger partial charge is 0.319 e. The normalized spacial score (nSPS) is 27.9. The Morgan fingerprint density at radius 1 is 0.833 bits per heavy atom. The molecule has 1 saturated heterocycles. The average molecular weight is 547 g/mol. The molecule has 9 heteroatoms. The number of carbonyl (C=O) groups excluding carboxylic acids is 2. The Bertz CT molecular complexity index is 769. The minimum atomic E-state index is -2.34. The van der Waals surface area contributed by atoms with Crippen molar-refractivity contribution in [2.24, 2.45) is 5.41 Å². The first-order valence-corrected chi connectivity index (χ1v) is 19.1. The molecular weight excluding hydrogens is 492 g/mol. The molecule has 36 heavy (non-hydrogen) atoms. The Hall–Kier alpha value is -0.586. The molecule has 0 saturated carbocycles. The summed E-state index contributed by atoms with van der Waals surface area (Å²) < 4.78 is 32.0. The molecule has 0 aromatic rings. The summed E-state index contributed by atoms with van der Waals surface area (Å²) >= 11 is 0. The van der Waals surface area contributed by atoms with Gasteiger partial charge >= 0.3 is 5.97 Å². The number of hydrogen-bond acceptors (Lipinski definition) is 7. The van der Waals surface area contributed by atoms with Crippen molar-refractivity contribution in [2.75, 3.05) is 7.11 Å². The summed E-state index contributed by atoms with van der Waals surface area (Å²) in [7, 11) is -3.05. The number of rotatable bonds is 10. The van der Waals surface area contributed by atoms with Crippen molar-refractivity contribution >= 4 is 28.4 Å². The zero-order valence-corrected chi connectivity index (χ0v) is 27.7. The minimum absolute atomic E-state index is 0.0349. The second-order valence-electron chi connectivity index (χ2n) is 13.6. The van der Waals surface area contributed by atoms with Crippen LogP contribution < -0.4 is 0 Å². The molecule has 0 spiro atoms. The SMILES string of the molecule is CCC[C@@](C)(C(C)=O)C(=O)O[C@H]1[C@@H](OC)O[C@H](C)[C@@H](O[Si](C)(C)C(C)(C)C)[C@@H]1O[Si](C)(C)C(C)(C)C. The van der Waals surface area contributed by atoms with E-state index in [1.165, 1.54) is 14.0 Å². The molecule has 1 rings (SSSR count). The summed E-state index contributed by atoms with van der Waals surface area (Å²) in [5.74, 6) is -0.790. The molecule has 1 heterocycles. The minimum Gasteiger partial charge on any atom is -0.453 e. The van der Waals surface area contributed by atoms with E-state index in [1.54, 1.807) is 6.92 Å². The first kappa shape index (κ1) is 33.4. The fourth-order valence-corrected chi connectivity index (χ4v) is 6.46. The van der Waals surface area contributed by atoms with Gasteiger partial charge in [0.2, 0.25) is 0 Å². The molecule has 0 aliphatic carbocycles. The largest absolute Gasteiger partial charge is 0.453 e. The molecule has 6 atom stereocenters. The van der Waals surface area contributed by atoms with Gasteiger partial charge in [0.15, 0.2) is 29.0 Å². The van der Waals surface area contributed by atoms with Crippen LogP contribution in [-0.2, 0) is 32.7 Å². The number of ether oxygens (including phenoxy) is 3. The standard InChI is InChI=1S/C27H54O7Si2/c1-16-17-27(10,19(3)28)24(29)32-22-21(34-36(14,15)26(7,8)9)20(18(2)31-23(22)30-11)33-35(12,13)25(4,5)6/h18,20-23H,16-17H2,1-15H3/t18-,20-,21+,22-,23+,27+/m1/s1. The number of esters is 1. The van der Waals surface area contributed by atoms with Crippen LogP contribution in [0.25, 0.3) is 0 Å². The third-order valence-corrected chi connectivity index (χ3v) is 17.6. The highest BCUT2D eigenvalue weighted by molar-refractivity contribution is 6.74. The van der Waals surface area contributed by atoms with Gasteiger partial charge in [0, 0.05) is 7.11 Å². The van der Waals surface area contributed by atoms with Crippen molar-refractivity contribution in [3.05, 3.63) is 0 Å². The van der Waals surface area contributed by atoms with Gasteiger partial charge in [0.1, 0.15) is 17.3 Å². The van der Waals surface area contributed by atoms with Crippen LogP contribution in [0.15, 0.2) is 0 Å². The maximum Gasteiger partial charge on any atom is 0.319 e. The van der Waals surface area contributed by atoms with Crippen LogP contribution in [0.4, 0.5) is 0 Å². The van der Waals surface area contributed by atoms with E-state index in [4.69, 9.17) is 23.1 Å². The maximum atomic E-state index is 13.5. The highest BCUT2D eigenvalue weighted by Gasteiger charge is 2.55. The van der Waals surface area contributed by atoms with Crippen molar-refractivity contribution in [2.45, 2.75) is 149 Å². The highest BCUT2D eigenvalue weighted by Crippen LogP contribution is 2.44. The van der Waals surface area contributed by atoms with Crippen molar-refractivity contribution in [3.63, 3.8) is 0 Å². The van der Waals surface area contributed by atoms with Crippen molar-refractivity contribution < 1.29 is 32.7 Å². The van der Waals surface area contributed by atoms with E-state index in [0.29, 0.717) is 12.8 Å². The first-order chi connectivity index (χ1) is 16.1. The zero-order valence-electron chi connectivity index (χ0n) is 25.7. The van der Waals surface area contributed by atoms with Gasteiger partial charge in [-0.2, -0.15) is 0 Å². The highest BCUT2D eigenvalue weighted by atomic mass is 28.4. The van der Waals surface area contributed by atoms with Crippen molar-refractivity contribution in [1.82, 2.24) is 0 Å². The van der Waals surface area contributed by atoms with Crippen LogP contribution in [0, 0.1) is 5.41 Å². The zero-order chi connectivity index (χ0) is 28.5. The molecule has 0 aromatic heterocycles. The summed E-state index contributed by atoms with van der Waals surface area (Å²) in [5.41, 5.74) is -1.24. The average Bonchev–Trinajstić information content (AvgIpc) is 2.70. The monoisotopic (exact) mass is 546 g/mol. The van der Waals surface area contributed by atoms with Crippen LogP contribution in [0.5, 0.6) is 0 Å². The van der Waals surface area contributed by atoms with Gasteiger partial charge in [-0.15, -0.1) is 0 Å². The van der Waals surface area contributed by atoms with E-state index in [0.717, 1.165) is 0 Å². The molecule has 0 N–H and O–H groups in total. The van der Waals surface area contributed by atoms with Crippen LogP contribution in [0.1, 0.15) is 82.1 Å². The van der Waals surface area contributed by atoms with E-state index in [2.05, 4.69) is 67.7 Å². The molecule has 7 nitrogen and oxygen atoms in total. The third-order valence-electron chi connectivity index (χ3n) is 8.65. The summed E-state index contributed by atoms with van der Waals surface area (Å²) in [4.78, 5) is 26.1. The first-order valence-electron chi connectivity index (χ1n) is 13.3. The predicted molar refractivity (Wildman–Crippen MR) is 149 cm³/mol. The van der Waals surface area contributed by atoms with Crippen molar-refractivity contribution in [1.29, 1.82) is 0 Å². The lowest BCUT2D eigenvalue weighted by molar-refractivity contribution is -0.287. The molecule has 0 unspecified atom stereocenters. The second-order valence-corrected chi connectivity index (χ2v) is 23.2. The fourth-order valence-electron chi connectivity index (χ4n) is 3.79. The van der Waals surface area contributed by atoms with Gasteiger partial charge in [-0.3, -0.25) is 9.59 Å². The van der Waals surface area contributed by atoms with Gasteiger partial charge in [-0.25, -0.2) is 0 Å². The van der Waals surface area contributed by atoms with E-state index in [-0.39, 0.29) is 22.0 Å². The van der Waals surface area contributed by atoms with Crippen LogP contribution in [0.3, 0.4) is 0 Å². The van der Waals surface area contributed by atoms with Gasteiger partial charge < -0.3 is 23.1 Å². The van der Waals surface area contributed by atoms with E-state index < -0.39 is 52.6 Å². The molecule has 1 aliphatic heterocycles. The molecular formula is C27H54O7Si2. The van der Waals surface area contributed by atoms with E-state index in [1.807, 2.05) is 13.8 Å². The van der Waals surface area contributed by atoms with Crippen LogP contribution in [-0.4, -0.2) is 66.2 Å². The quantitative estimate of drug-likeness (QED) is 0.177. The van der Waals surface area contributed by atoms with Crippen LogP contribution >= 0.6 is 0 Å². The molecule has 0 bridgehead atoms. The molecule has 212 valence electrons. The molecule has 0 amide bonds. The number of methoxy groups -OCH3 is 1. The van der Waals surface area contributed by atoms with E-state index >= 15 is 0 Å². The Kier molecular flexibility index (Phi) is 10.8. The number of ketones is 1. The summed E-state index contributed by atoms with van der Waals surface area (Å²) in [5, 5.41) is -0.115. The van der Waals surface area contributed by atoms with E-state index in [9.17, 15) is 9.59 Å². The molecule has 1 aliphatic rings. The Labute approximate surface area is 222 Å². The second kappa shape index (κ2) is 11.7. The molecule has 0 radical (unpaired) electrons. The van der Waals surface area contributed by atoms with Gasteiger partial charge in [-0.1, -0.05) is 54.9 Å². The lowest BCUT2D eigenvalue weighted by Gasteiger charge is -2.52. The topological polar surface area (TPSA) is 80.3 Å². The summed E-state index contributed by atoms with van der Waals surface area (Å²) in [6, 6.07) is 0. The van der Waals surface area contributed by atoms with Crippen LogP contribution in [0.2, 0.25) is 36.3 Å². The molecule has 0 aromatic carbocycles. The fraction of sp³-hybridized carbons (Fsp3) is 0.926. The third kappa shape index (κ3) is 7.29. The Morgan fingerprint density at radius 2 is 1.28 bits per heavy atom. The summed E-state index contributed by atoms with van der Waals surface area (Å²) in [6.45, 7) is 28.8.